The number of amides is 7. The number of nitrogens with two attached hydrogens (primary N) is 1. The maximum Gasteiger partial charge on any atom is 0.245 e. The SMILES string of the molecule is CC(C)C[C@@H]1NC(=O)[C@H](CC(N)=O)NC(=O)[C@H](CS)NC(=O)[C@H](CO)NC(=O)[C@H](C(C)C)NC(=O)[C@H](Cc2ccccc2)NC1=O. The van der Waals surface area contributed by atoms with Gasteiger partial charge in [-0.1, -0.05) is 58.0 Å². The monoisotopic (exact) mass is 663 g/mol. The summed E-state index contributed by atoms with van der Waals surface area (Å²) < 4.78 is 0. The van der Waals surface area contributed by atoms with Gasteiger partial charge in [-0.3, -0.25) is 33.6 Å². The van der Waals surface area contributed by atoms with E-state index in [2.05, 4.69) is 44.5 Å². The van der Waals surface area contributed by atoms with Crippen molar-refractivity contribution in [3.63, 3.8) is 0 Å². The van der Waals surface area contributed by atoms with Gasteiger partial charge in [-0.2, -0.15) is 12.6 Å². The number of aliphatic hydroxyl groups excluding tert-OH is 1. The highest BCUT2D eigenvalue weighted by atomic mass is 32.1. The number of aliphatic hydroxyl groups is 1. The van der Waals surface area contributed by atoms with Crippen LogP contribution in [0.25, 0.3) is 0 Å². The summed E-state index contributed by atoms with van der Waals surface area (Å²) in [6, 6.07) is 0.799. The van der Waals surface area contributed by atoms with Gasteiger partial charge < -0.3 is 42.7 Å². The molecule has 1 heterocycles. The van der Waals surface area contributed by atoms with Gasteiger partial charge in [0, 0.05) is 12.2 Å². The zero-order valence-corrected chi connectivity index (χ0v) is 27.3. The van der Waals surface area contributed by atoms with Crippen LogP contribution in [0, 0.1) is 11.8 Å². The van der Waals surface area contributed by atoms with Crippen molar-refractivity contribution in [2.45, 2.75) is 83.2 Å². The summed E-state index contributed by atoms with van der Waals surface area (Å²) >= 11 is 4.09. The van der Waals surface area contributed by atoms with E-state index in [4.69, 9.17) is 5.73 Å². The lowest BCUT2D eigenvalue weighted by Crippen LogP contribution is -2.63. The molecule has 0 aromatic heterocycles. The number of primary amides is 1. The number of benzene rings is 1. The number of hydrogen-bond acceptors (Lipinski definition) is 9. The largest absolute Gasteiger partial charge is 0.394 e. The number of thiol groups is 1. The van der Waals surface area contributed by atoms with Crippen LogP contribution in [0.1, 0.15) is 46.1 Å². The highest BCUT2D eigenvalue weighted by Gasteiger charge is 2.36. The van der Waals surface area contributed by atoms with E-state index in [1.54, 1.807) is 44.2 Å². The minimum atomic E-state index is -1.53. The van der Waals surface area contributed by atoms with Crippen molar-refractivity contribution in [1.29, 1.82) is 0 Å². The minimum absolute atomic E-state index is 0.0281. The highest BCUT2D eigenvalue weighted by Crippen LogP contribution is 2.11. The molecule has 46 heavy (non-hydrogen) atoms. The van der Waals surface area contributed by atoms with Crippen molar-refractivity contribution < 1.29 is 38.7 Å². The Balaban J connectivity index is 2.60. The molecule has 254 valence electrons. The molecule has 0 bridgehead atoms. The summed E-state index contributed by atoms with van der Waals surface area (Å²) in [4.78, 5) is 92.0. The average Bonchev–Trinajstić information content (AvgIpc) is 2.99. The van der Waals surface area contributed by atoms with Crippen LogP contribution < -0.4 is 37.6 Å². The van der Waals surface area contributed by atoms with E-state index < -0.39 is 96.5 Å². The molecule has 15 nitrogen and oxygen atoms in total. The second-order valence-electron chi connectivity index (χ2n) is 11.9. The minimum Gasteiger partial charge on any atom is -0.394 e. The summed E-state index contributed by atoms with van der Waals surface area (Å²) in [7, 11) is 0. The van der Waals surface area contributed by atoms with E-state index >= 15 is 0 Å². The van der Waals surface area contributed by atoms with Gasteiger partial charge in [0.1, 0.15) is 36.3 Å². The van der Waals surface area contributed by atoms with Gasteiger partial charge in [0.25, 0.3) is 0 Å². The predicted molar refractivity (Wildman–Crippen MR) is 171 cm³/mol. The normalized spacial score (nSPS) is 25.7. The molecule has 1 aromatic rings. The maximum absolute atomic E-state index is 13.7. The Kier molecular flexibility index (Phi) is 14.9. The summed E-state index contributed by atoms with van der Waals surface area (Å²) in [5.41, 5.74) is 6.03. The topological polar surface area (TPSA) is 238 Å². The third kappa shape index (κ3) is 11.6. The van der Waals surface area contributed by atoms with Crippen molar-refractivity contribution >= 4 is 54.0 Å². The van der Waals surface area contributed by atoms with Crippen molar-refractivity contribution in [3.8, 4) is 0 Å². The van der Waals surface area contributed by atoms with Crippen LogP contribution in [-0.4, -0.2) is 95.1 Å². The Morgan fingerprint density at radius 1 is 0.717 bits per heavy atom. The van der Waals surface area contributed by atoms with Crippen molar-refractivity contribution in [3.05, 3.63) is 35.9 Å². The lowest BCUT2D eigenvalue weighted by atomic mass is 9.99. The van der Waals surface area contributed by atoms with Gasteiger partial charge >= 0.3 is 0 Å². The third-order valence-electron chi connectivity index (χ3n) is 7.17. The van der Waals surface area contributed by atoms with Crippen LogP contribution in [-0.2, 0) is 40.0 Å². The van der Waals surface area contributed by atoms with Gasteiger partial charge in [-0.15, -0.1) is 0 Å². The molecule has 1 saturated heterocycles. The summed E-state index contributed by atoms with van der Waals surface area (Å²) in [6.45, 7) is 6.09. The number of carbonyl (C=O) groups excluding carboxylic acids is 7. The lowest BCUT2D eigenvalue weighted by Gasteiger charge is -2.29. The molecular formula is C30H45N7O8S. The molecule has 1 aliphatic heterocycles. The van der Waals surface area contributed by atoms with Crippen LogP contribution >= 0.6 is 12.6 Å². The number of rotatable bonds is 9. The van der Waals surface area contributed by atoms with Crippen LogP contribution in [0.3, 0.4) is 0 Å². The van der Waals surface area contributed by atoms with E-state index in [1.807, 2.05) is 13.8 Å². The van der Waals surface area contributed by atoms with Crippen molar-refractivity contribution in [1.82, 2.24) is 31.9 Å². The first kappa shape index (κ1) is 38.0. The molecule has 0 saturated carbocycles. The molecule has 16 heteroatoms. The van der Waals surface area contributed by atoms with E-state index in [1.165, 1.54) is 0 Å². The van der Waals surface area contributed by atoms with Gasteiger partial charge in [0.2, 0.25) is 41.4 Å². The van der Waals surface area contributed by atoms with E-state index in [9.17, 15) is 38.7 Å². The molecule has 7 amide bonds. The zero-order valence-electron chi connectivity index (χ0n) is 26.4. The second-order valence-corrected chi connectivity index (χ2v) is 12.3. The third-order valence-corrected chi connectivity index (χ3v) is 7.54. The fourth-order valence-electron chi connectivity index (χ4n) is 4.70. The Labute approximate surface area is 273 Å². The van der Waals surface area contributed by atoms with E-state index in [-0.39, 0.29) is 24.5 Å². The first-order chi connectivity index (χ1) is 21.7. The fraction of sp³-hybridized carbons (Fsp3) is 0.567. The van der Waals surface area contributed by atoms with Crippen LogP contribution in [0.5, 0.6) is 0 Å². The first-order valence-corrected chi connectivity index (χ1v) is 15.7. The maximum atomic E-state index is 13.7. The first-order valence-electron chi connectivity index (χ1n) is 15.0. The quantitative estimate of drug-likeness (QED) is 0.129. The molecule has 0 unspecified atom stereocenters. The lowest BCUT2D eigenvalue weighted by molar-refractivity contribution is -0.137. The molecule has 0 radical (unpaired) electrons. The molecule has 6 atom stereocenters. The predicted octanol–water partition coefficient (Wildman–Crippen LogP) is -2.35. The second kappa shape index (κ2) is 18.1. The number of carbonyl (C=O) groups is 7. The number of nitrogens with one attached hydrogen (secondary N) is 6. The van der Waals surface area contributed by atoms with Crippen molar-refractivity contribution in [2.75, 3.05) is 12.4 Å². The Hall–Kier alpha value is -4.18. The standard InChI is InChI=1S/C30H45N7O8S/c1-15(2)10-18-25(40)33-19(11-17-8-6-5-7-9-17)27(42)37-24(16(3)4)30(45)35-21(13-38)28(43)36-22(14-46)29(44)34-20(12-23(31)39)26(41)32-18/h5-9,15-16,18-22,24,38,46H,10-14H2,1-4H3,(H2,31,39)(H,32,41)(H,33,40)(H,34,44)(H,35,45)(H,36,43)(H,37,42)/t18-,19-,20-,21-,22-,24-/m0/s1. The van der Waals surface area contributed by atoms with Crippen LogP contribution in [0.4, 0.5) is 0 Å². The summed E-state index contributed by atoms with van der Waals surface area (Å²) in [5.74, 6) is -6.76. The molecule has 0 spiro atoms. The zero-order chi connectivity index (χ0) is 34.6. The molecule has 9 N–H and O–H groups in total. The smallest absolute Gasteiger partial charge is 0.245 e. The fourth-order valence-corrected chi connectivity index (χ4v) is 4.96. The van der Waals surface area contributed by atoms with E-state index in [0.29, 0.717) is 5.56 Å². The summed E-state index contributed by atoms with van der Waals surface area (Å²) in [6.07, 6.45) is -0.477. The Bertz CT molecular complexity index is 1260. The summed E-state index contributed by atoms with van der Waals surface area (Å²) in [5, 5.41) is 24.9. The molecular weight excluding hydrogens is 618 g/mol. The molecule has 2 rings (SSSR count). The van der Waals surface area contributed by atoms with Gasteiger partial charge in [-0.25, -0.2) is 0 Å². The Morgan fingerprint density at radius 2 is 1.20 bits per heavy atom. The Morgan fingerprint density at radius 3 is 1.74 bits per heavy atom. The molecule has 1 fully saturated rings. The van der Waals surface area contributed by atoms with E-state index in [0.717, 1.165) is 0 Å². The van der Waals surface area contributed by atoms with Gasteiger partial charge in [0.15, 0.2) is 0 Å². The van der Waals surface area contributed by atoms with Gasteiger partial charge in [0.05, 0.1) is 13.0 Å². The highest BCUT2D eigenvalue weighted by molar-refractivity contribution is 7.80. The van der Waals surface area contributed by atoms with Crippen LogP contribution in [0.2, 0.25) is 0 Å². The molecule has 1 aliphatic rings. The van der Waals surface area contributed by atoms with Gasteiger partial charge in [-0.05, 0) is 23.8 Å². The molecule has 0 aliphatic carbocycles. The average molecular weight is 664 g/mol. The van der Waals surface area contributed by atoms with Crippen molar-refractivity contribution in [2.24, 2.45) is 17.6 Å². The van der Waals surface area contributed by atoms with Crippen LogP contribution in [0.15, 0.2) is 30.3 Å². The number of hydrogen-bond donors (Lipinski definition) is 9. The molecule has 1 aromatic carbocycles.